The number of aryl methyl sites for hydroxylation is 1. The summed E-state index contributed by atoms with van der Waals surface area (Å²) in [6.45, 7) is 6.45. The lowest BCUT2D eigenvalue weighted by molar-refractivity contribution is 0.0515. The van der Waals surface area contributed by atoms with E-state index in [1.807, 2.05) is 45.2 Å². The minimum Gasteiger partial charge on any atom is -0.488 e. The summed E-state index contributed by atoms with van der Waals surface area (Å²) >= 11 is 0. The zero-order chi connectivity index (χ0) is 15.4. The second-order valence-corrected chi connectivity index (χ2v) is 4.30. The van der Waals surface area contributed by atoms with E-state index in [1.54, 1.807) is 11.6 Å². The van der Waals surface area contributed by atoms with E-state index in [9.17, 15) is 4.79 Å². The lowest BCUT2D eigenvalue weighted by atomic mass is 10.0. The van der Waals surface area contributed by atoms with E-state index >= 15 is 0 Å². The van der Waals surface area contributed by atoms with Crippen molar-refractivity contribution in [3.8, 4) is 17.0 Å². The molecule has 0 fully saturated rings. The highest BCUT2D eigenvalue weighted by Crippen LogP contribution is 2.38. The van der Waals surface area contributed by atoms with Crippen molar-refractivity contribution >= 4 is 5.97 Å². The molecule has 0 spiro atoms. The van der Waals surface area contributed by atoms with Crippen LogP contribution < -0.4 is 4.74 Å². The molecule has 0 N–H and O–H groups in total. The number of fused-ring (bicyclic) bond motifs is 3. The molecule has 0 unspecified atom stereocenters. The van der Waals surface area contributed by atoms with Gasteiger partial charge in [0, 0.05) is 12.6 Å². The van der Waals surface area contributed by atoms with Crippen LogP contribution in [0.25, 0.3) is 11.3 Å². The van der Waals surface area contributed by atoms with E-state index in [4.69, 9.17) is 9.47 Å². The second kappa shape index (κ2) is 6.43. The van der Waals surface area contributed by atoms with Crippen LogP contribution in [0.5, 0.6) is 5.75 Å². The maximum atomic E-state index is 11.9. The number of hydrogen-bond donors (Lipinski definition) is 0. The number of benzene rings is 1. The largest absolute Gasteiger partial charge is 0.488 e. The predicted octanol–water partition coefficient (Wildman–Crippen LogP) is 3.18. The van der Waals surface area contributed by atoms with Crippen LogP contribution in [0.15, 0.2) is 24.3 Å². The molecular formula is C16H20N2O3. The van der Waals surface area contributed by atoms with Gasteiger partial charge in [0.05, 0.1) is 17.9 Å². The van der Waals surface area contributed by atoms with Crippen molar-refractivity contribution in [3.63, 3.8) is 0 Å². The molecule has 1 aliphatic heterocycles. The van der Waals surface area contributed by atoms with Crippen molar-refractivity contribution in [2.24, 2.45) is 7.05 Å². The summed E-state index contributed by atoms with van der Waals surface area (Å²) in [5.41, 5.74) is 3.01. The summed E-state index contributed by atoms with van der Waals surface area (Å²) in [5.74, 6) is 0.413. The lowest BCUT2D eigenvalue weighted by Gasteiger charge is -2.18. The third kappa shape index (κ3) is 2.63. The van der Waals surface area contributed by atoms with Gasteiger partial charge in [-0.15, -0.1) is 0 Å². The van der Waals surface area contributed by atoms with Gasteiger partial charge >= 0.3 is 5.97 Å². The molecule has 3 rings (SSSR count). The van der Waals surface area contributed by atoms with Crippen LogP contribution in [-0.2, 0) is 18.4 Å². The average Bonchev–Trinajstić information content (AvgIpc) is 2.87. The standard InChI is InChI=1S/C14H14N2O3.C2H6/c1-3-18-14(17)12-10-8-19-11-7-5-4-6-9(11)13(10)16(2)15-12;1-2/h4-7H,3,8H2,1-2H3;1-2H3. The van der Waals surface area contributed by atoms with Crippen LogP contribution in [-0.4, -0.2) is 22.4 Å². The van der Waals surface area contributed by atoms with Crippen LogP contribution in [0.3, 0.4) is 0 Å². The van der Waals surface area contributed by atoms with Crippen molar-refractivity contribution in [2.75, 3.05) is 6.61 Å². The molecule has 0 saturated carbocycles. The van der Waals surface area contributed by atoms with Gasteiger partial charge in [-0.3, -0.25) is 4.68 Å². The first-order valence-electron chi connectivity index (χ1n) is 7.17. The number of carbonyl (C=O) groups excluding carboxylic acids is 1. The van der Waals surface area contributed by atoms with Gasteiger partial charge in [-0.25, -0.2) is 4.79 Å². The SMILES string of the molecule is CC.CCOC(=O)c1nn(C)c2c1COc1ccccc1-2. The molecule has 5 nitrogen and oxygen atoms in total. The molecule has 0 bridgehead atoms. The molecule has 0 saturated heterocycles. The Hall–Kier alpha value is -2.30. The molecular weight excluding hydrogens is 268 g/mol. The molecule has 0 amide bonds. The minimum absolute atomic E-state index is 0.335. The molecule has 21 heavy (non-hydrogen) atoms. The quantitative estimate of drug-likeness (QED) is 0.796. The number of nitrogens with zero attached hydrogens (tertiary/aromatic N) is 2. The van der Waals surface area contributed by atoms with Gasteiger partial charge in [-0.05, 0) is 19.1 Å². The zero-order valence-corrected chi connectivity index (χ0v) is 12.8. The summed E-state index contributed by atoms with van der Waals surface area (Å²) in [7, 11) is 1.82. The molecule has 5 heteroatoms. The molecule has 1 aromatic heterocycles. The van der Waals surface area contributed by atoms with Gasteiger partial charge in [0.15, 0.2) is 5.69 Å². The van der Waals surface area contributed by atoms with Crippen LogP contribution in [0, 0.1) is 0 Å². The topological polar surface area (TPSA) is 53.3 Å². The maximum absolute atomic E-state index is 11.9. The van der Waals surface area contributed by atoms with E-state index in [2.05, 4.69) is 5.10 Å². The van der Waals surface area contributed by atoms with Gasteiger partial charge < -0.3 is 9.47 Å². The summed E-state index contributed by atoms with van der Waals surface area (Å²) in [5, 5.41) is 4.27. The van der Waals surface area contributed by atoms with Gasteiger partial charge in [0.25, 0.3) is 0 Å². The number of rotatable bonds is 2. The lowest BCUT2D eigenvalue weighted by Crippen LogP contribution is -2.11. The highest BCUT2D eigenvalue weighted by atomic mass is 16.5. The molecule has 0 radical (unpaired) electrons. The van der Waals surface area contributed by atoms with Gasteiger partial charge in [-0.2, -0.15) is 5.10 Å². The van der Waals surface area contributed by atoms with E-state index < -0.39 is 5.97 Å². The summed E-state index contributed by atoms with van der Waals surface area (Å²) < 4.78 is 12.4. The first kappa shape index (κ1) is 15.1. The number of ether oxygens (including phenoxy) is 2. The molecule has 1 aromatic carbocycles. The Balaban J connectivity index is 0.000000774. The fraction of sp³-hybridized carbons (Fsp3) is 0.375. The first-order chi connectivity index (χ1) is 10.2. The fourth-order valence-electron chi connectivity index (χ4n) is 2.34. The van der Waals surface area contributed by atoms with Crippen LogP contribution in [0.4, 0.5) is 0 Å². The van der Waals surface area contributed by atoms with Gasteiger partial charge in [0.1, 0.15) is 12.4 Å². The van der Waals surface area contributed by atoms with Crippen LogP contribution in [0.1, 0.15) is 36.8 Å². The molecule has 2 aromatic rings. The van der Waals surface area contributed by atoms with Gasteiger partial charge in [0.2, 0.25) is 0 Å². The van der Waals surface area contributed by atoms with Crippen LogP contribution >= 0.6 is 0 Å². The molecule has 112 valence electrons. The van der Waals surface area contributed by atoms with Crippen LogP contribution in [0.2, 0.25) is 0 Å². The Kier molecular flexibility index (Phi) is 4.62. The molecule has 2 heterocycles. The number of hydrogen-bond acceptors (Lipinski definition) is 4. The van der Waals surface area contributed by atoms with Crippen molar-refractivity contribution in [1.82, 2.24) is 9.78 Å². The fourth-order valence-corrected chi connectivity index (χ4v) is 2.34. The summed E-state index contributed by atoms with van der Waals surface area (Å²) in [6, 6.07) is 7.74. The Labute approximate surface area is 124 Å². The Morgan fingerprint density at radius 1 is 1.38 bits per heavy atom. The molecule has 0 aliphatic carbocycles. The van der Waals surface area contributed by atoms with E-state index in [0.29, 0.717) is 18.9 Å². The smallest absolute Gasteiger partial charge is 0.359 e. The van der Waals surface area contributed by atoms with E-state index in [0.717, 1.165) is 22.6 Å². The first-order valence-corrected chi connectivity index (χ1v) is 7.17. The van der Waals surface area contributed by atoms with Gasteiger partial charge in [-0.1, -0.05) is 26.0 Å². The average molecular weight is 288 g/mol. The molecule has 1 aliphatic rings. The number of para-hydroxylation sites is 1. The van der Waals surface area contributed by atoms with Crippen molar-refractivity contribution in [3.05, 3.63) is 35.5 Å². The highest BCUT2D eigenvalue weighted by Gasteiger charge is 2.28. The Morgan fingerprint density at radius 3 is 2.81 bits per heavy atom. The third-order valence-corrected chi connectivity index (χ3v) is 3.13. The Bertz CT molecular complexity index is 647. The normalized spacial score (nSPS) is 11.4. The second-order valence-electron chi connectivity index (χ2n) is 4.30. The third-order valence-electron chi connectivity index (χ3n) is 3.13. The number of carbonyl (C=O) groups is 1. The number of aromatic nitrogens is 2. The zero-order valence-electron chi connectivity index (χ0n) is 12.8. The molecule has 0 atom stereocenters. The van der Waals surface area contributed by atoms with Crippen molar-refractivity contribution in [1.29, 1.82) is 0 Å². The van der Waals surface area contributed by atoms with E-state index in [-0.39, 0.29) is 0 Å². The Morgan fingerprint density at radius 2 is 2.10 bits per heavy atom. The maximum Gasteiger partial charge on any atom is 0.359 e. The van der Waals surface area contributed by atoms with Crippen molar-refractivity contribution in [2.45, 2.75) is 27.4 Å². The van der Waals surface area contributed by atoms with E-state index in [1.165, 1.54) is 0 Å². The highest BCUT2D eigenvalue weighted by molar-refractivity contribution is 5.92. The summed E-state index contributed by atoms with van der Waals surface area (Å²) in [6.07, 6.45) is 0. The minimum atomic E-state index is -0.401. The monoisotopic (exact) mass is 288 g/mol. The number of esters is 1. The predicted molar refractivity (Wildman–Crippen MR) is 80.3 cm³/mol. The van der Waals surface area contributed by atoms with Crippen molar-refractivity contribution < 1.29 is 14.3 Å². The summed E-state index contributed by atoms with van der Waals surface area (Å²) in [4.78, 5) is 11.9.